The summed E-state index contributed by atoms with van der Waals surface area (Å²) in [7, 11) is 1.70. The lowest BCUT2D eigenvalue weighted by molar-refractivity contribution is -0.116. The molecule has 0 radical (unpaired) electrons. The van der Waals surface area contributed by atoms with Crippen LogP contribution >= 0.6 is 0 Å². The maximum atomic E-state index is 11.2. The molecule has 16 heavy (non-hydrogen) atoms. The highest BCUT2D eigenvalue weighted by Crippen LogP contribution is 2.12. The second kappa shape index (κ2) is 5.23. The topological polar surface area (TPSA) is 29.5 Å². The minimum absolute atomic E-state index is 0.355. The molecule has 0 amide bonds. The van der Waals surface area contributed by atoms with E-state index in [0.29, 0.717) is 25.4 Å². The predicted octanol–water partition coefficient (Wildman–Crippen LogP) is 1.61. The average molecular weight is 219 g/mol. The first-order chi connectivity index (χ1) is 7.78. The van der Waals surface area contributed by atoms with Gasteiger partial charge in [-0.05, 0) is 11.1 Å². The highest BCUT2D eigenvalue weighted by Gasteiger charge is 2.18. The Morgan fingerprint density at radius 1 is 1.38 bits per heavy atom. The third-order valence-corrected chi connectivity index (χ3v) is 2.82. The molecule has 0 atom stereocenters. The molecule has 0 saturated carbocycles. The molecule has 1 aliphatic rings. The van der Waals surface area contributed by atoms with Crippen LogP contribution in [-0.4, -0.2) is 30.9 Å². The van der Waals surface area contributed by atoms with Gasteiger partial charge in [-0.3, -0.25) is 9.69 Å². The summed E-state index contributed by atoms with van der Waals surface area (Å²) in [5.41, 5.74) is 2.44. The molecule has 0 bridgehead atoms. The number of hydrogen-bond acceptors (Lipinski definition) is 3. The number of likely N-dealkylation sites (tertiary alicyclic amines) is 1. The van der Waals surface area contributed by atoms with E-state index in [4.69, 9.17) is 4.74 Å². The van der Waals surface area contributed by atoms with E-state index in [0.717, 1.165) is 13.1 Å². The van der Waals surface area contributed by atoms with E-state index in [1.165, 1.54) is 11.1 Å². The van der Waals surface area contributed by atoms with Crippen molar-refractivity contribution in [2.45, 2.75) is 19.6 Å². The largest absolute Gasteiger partial charge is 0.380 e. The van der Waals surface area contributed by atoms with Gasteiger partial charge in [0.2, 0.25) is 0 Å². The van der Waals surface area contributed by atoms with Crippen molar-refractivity contribution < 1.29 is 9.53 Å². The summed E-state index contributed by atoms with van der Waals surface area (Å²) in [5.74, 6) is 0.355. The Hall–Kier alpha value is -1.19. The molecule has 86 valence electrons. The van der Waals surface area contributed by atoms with Gasteiger partial charge >= 0.3 is 0 Å². The van der Waals surface area contributed by atoms with Gasteiger partial charge in [0.15, 0.2) is 0 Å². The number of methoxy groups -OCH3 is 1. The van der Waals surface area contributed by atoms with Crippen LogP contribution < -0.4 is 0 Å². The van der Waals surface area contributed by atoms with E-state index in [9.17, 15) is 4.79 Å². The quantitative estimate of drug-likeness (QED) is 0.770. The summed E-state index contributed by atoms with van der Waals surface area (Å²) in [6.07, 6.45) is 0.706. The van der Waals surface area contributed by atoms with Gasteiger partial charge in [-0.15, -0.1) is 0 Å². The standard InChI is InChI=1S/C13H17NO2/c1-16-10-12-4-2-3-11(7-12)8-14-6-5-13(15)9-14/h2-4,7H,5-6,8-10H2,1H3. The minimum atomic E-state index is 0.355. The second-order valence-corrected chi connectivity index (χ2v) is 4.25. The van der Waals surface area contributed by atoms with Crippen LogP contribution in [0.1, 0.15) is 17.5 Å². The molecule has 0 spiro atoms. The van der Waals surface area contributed by atoms with Gasteiger partial charge in [-0.2, -0.15) is 0 Å². The summed E-state index contributed by atoms with van der Waals surface area (Å²) in [6, 6.07) is 8.35. The summed E-state index contributed by atoms with van der Waals surface area (Å²) in [6.45, 7) is 3.01. The van der Waals surface area contributed by atoms with Crippen molar-refractivity contribution in [3.63, 3.8) is 0 Å². The van der Waals surface area contributed by atoms with E-state index in [1.807, 2.05) is 6.07 Å². The number of Topliss-reactive ketones (excluding diaryl/α,β-unsaturated/α-hetero) is 1. The van der Waals surface area contributed by atoms with Crippen molar-refractivity contribution in [2.24, 2.45) is 0 Å². The zero-order valence-electron chi connectivity index (χ0n) is 9.61. The number of ether oxygens (including phenoxy) is 1. The highest BCUT2D eigenvalue weighted by atomic mass is 16.5. The number of rotatable bonds is 4. The molecule has 3 heteroatoms. The number of benzene rings is 1. The Kier molecular flexibility index (Phi) is 3.70. The Bertz CT molecular complexity index is 376. The van der Waals surface area contributed by atoms with Gasteiger partial charge < -0.3 is 4.74 Å². The lowest BCUT2D eigenvalue weighted by Crippen LogP contribution is -2.20. The number of carbonyl (C=O) groups excluding carboxylic acids is 1. The van der Waals surface area contributed by atoms with Gasteiger partial charge in [0.25, 0.3) is 0 Å². The third kappa shape index (κ3) is 2.90. The third-order valence-electron chi connectivity index (χ3n) is 2.82. The fraction of sp³-hybridized carbons (Fsp3) is 0.462. The Morgan fingerprint density at radius 2 is 2.19 bits per heavy atom. The van der Waals surface area contributed by atoms with Crippen molar-refractivity contribution in [1.82, 2.24) is 4.90 Å². The predicted molar refractivity (Wildman–Crippen MR) is 62.1 cm³/mol. The lowest BCUT2D eigenvalue weighted by atomic mass is 10.1. The molecule has 1 saturated heterocycles. The molecule has 0 aromatic heterocycles. The molecule has 1 fully saturated rings. The summed E-state index contributed by atoms with van der Waals surface area (Å²) < 4.78 is 5.10. The summed E-state index contributed by atoms with van der Waals surface area (Å²) in [4.78, 5) is 13.3. The van der Waals surface area contributed by atoms with Gasteiger partial charge in [0.05, 0.1) is 13.2 Å². The van der Waals surface area contributed by atoms with Gasteiger partial charge in [0, 0.05) is 26.6 Å². The molecule has 0 aliphatic carbocycles. The number of ketones is 1. The maximum absolute atomic E-state index is 11.2. The molecule has 1 aromatic carbocycles. The number of nitrogens with zero attached hydrogens (tertiary/aromatic N) is 1. The van der Waals surface area contributed by atoms with Crippen LogP contribution in [0.15, 0.2) is 24.3 Å². The van der Waals surface area contributed by atoms with Crippen LogP contribution in [0.3, 0.4) is 0 Å². The van der Waals surface area contributed by atoms with Crippen LogP contribution in [0.2, 0.25) is 0 Å². The molecular formula is C13H17NO2. The van der Waals surface area contributed by atoms with Gasteiger partial charge in [0.1, 0.15) is 5.78 Å². The van der Waals surface area contributed by atoms with Crippen molar-refractivity contribution >= 4 is 5.78 Å². The smallest absolute Gasteiger partial charge is 0.148 e. The summed E-state index contributed by atoms with van der Waals surface area (Å²) >= 11 is 0. The number of hydrogen-bond donors (Lipinski definition) is 0. The van der Waals surface area contributed by atoms with Crippen molar-refractivity contribution in [1.29, 1.82) is 0 Å². The first kappa shape index (κ1) is 11.3. The van der Waals surface area contributed by atoms with E-state index in [-0.39, 0.29) is 0 Å². The molecular weight excluding hydrogens is 202 g/mol. The molecule has 1 aliphatic heterocycles. The number of carbonyl (C=O) groups is 1. The zero-order chi connectivity index (χ0) is 11.4. The first-order valence-corrected chi connectivity index (χ1v) is 5.59. The Labute approximate surface area is 96.0 Å². The molecule has 2 rings (SSSR count). The average Bonchev–Trinajstić information content (AvgIpc) is 2.65. The van der Waals surface area contributed by atoms with E-state index in [2.05, 4.69) is 23.1 Å². The van der Waals surface area contributed by atoms with Crippen molar-refractivity contribution in [3.8, 4) is 0 Å². The molecule has 0 unspecified atom stereocenters. The fourth-order valence-electron chi connectivity index (χ4n) is 2.07. The lowest BCUT2D eigenvalue weighted by Gasteiger charge is -2.14. The maximum Gasteiger partial charge on any atom is 0.148 e. The SMILES string of the molecule is COCc1cccc(CN2CCC(=O)C2)c1. The van der Waals surface area contributed by atoms with Crippen molar-refractivity contribution in [3.05, 3.63) is 35.4 Å². The van der Waals surface area contributed by atoms with E-state index in [1.54, 1.807) is 7.11 Å². The van der Waals surface area contributed by atoms with Crippen LogP contribution in [-0.2, 0) is 22.7 Å². The van der Waals surface area contributed by atoms with Crippen molar-refractivity contribution in [2.75, 3.05) is 20.2 Å². The molecule has 1 aromatic rings. The van der Waals surface area contributed by atoms with Crippen LogP contribution in [0, 0.1) is 0 Å². The monoisotopic (exact) mass is 219 g/mol. The molecule has 3 nitrogen and oxygen atoms in total. The van der Waals surface area contributed by atoms with E-state index < -0.39 is 0 Å². The molecule has 0 N–H and O–H groups in total. The minimum Gasteiger partial charge on any atom is -0.380 e. The normalized spacial score (nSPS) is 16.9. The Balaban J connectivity index is 1.98. The fourth-order valence-corrected chi connectivity index (χ4v) is 2.07. The van der Waals surface area contributed by atoms with Gasteiger partial charge in [-0.25, -0.2) is 0 Å². The van der Waals surface area contributed by atoms with E-state index >= 15 is 0 Å². The van der Waals surface area contributed by atoms with Crippen LogP contribution in [0.25, 0.3) is 0 Å². The van der Waals surface area contributed by atoms with Gasteiger partial charge in [-0.1, -0.05) is 24.3 Å². The van der Waals surface area contributed by atoms with Crippen LogP contribution in [0.5, 0.6) is 0 Å². The second-order valence-electron chi connectivity index (χ2n) is 4.25. The molecule has 1 heterocycles. The first-order valence-electron chi connectivity index (χ1n) is 5.59. The zero-order valence-corrected chi connectivity index (χ0v) is 9.61. The Morgan fingerprint density at radius 3 is 2.88 bits per heavy atom. The summed E-state index contributed by atoms with van der Waals surface area (Å²) in [5, 5.41) is 0. The highest BCUT2D eigenvalue weighted by molar-refractivity contribution is 5.82. The van der Waals surface area contributed by atoms with Crippen LogP contribution in [0.4, 0.5) is 0 Å².